The molecule has 118 valence electrons. The SMILES string of the molecule is CC1CSC(CCCc2ccc(Cl)cc2)(Cn2ccnc2)S1. The van der Waals surface area contributed by atoms with Gasteiger partial charge in [0.1, 0.15) is 0 Å². The van der Waals surface area contributed by atoms with Gasteiger partial charge in [0.05, 0.1) is 10.4 Å². The van der Waals surface area contributed by atoms with Gasteiger partial charge in [-0.25, -0.2) is 4.98 Å². The van der Waals surface area contributed by atoms with Crippen LogP contribution in [-0.4, -0.2) is 24.6 Å². The minimum Gasteiger partial charge on any atom is -0.335 e. The van der Waals surface area contributed by atoms with E-state index in [1.54, 1.807) is 0 Å². The summed E-state index contributed by atoms with van der Waals surface area (Å²) < 4.78 is 2.52. The van der Waals surface area contributed by atoms with Crippen molar-refractivity contribution in [1.82, 2.24) is 9.55 Å². The summed E-state index contributed by atoms with van der Waals surface area (Å²) in [5.41, 5.74) is 1.38. The van der Waals surface area contributed by atoms with Gasteiger partial charge in [-0.3, -0.25) is 0 Å². The quantitative estimate of drug-likeness (QED) is 0.718. The van der Waals surface area contributed by atoms with E-state index < -0.39 is 0 Å². The molecule has 5 heteroatoms. The predicted molar refractivity (Wildman–Crippen MR) is 98.9 cm³/mol. The van der Waals surface area contributed by atoms with E-state index in [2.05, 4.69) is 58.3 Å². The van der Waals surface area contributed by atoms with Crippen molar-refractivity contribution in [3.63, 3.8) is 0 Å². The number of aromatic nitrogens is 2. The molecular weight excluding hydrogens is 332 g/mol. The maximum Gasteiger partial charge on any atom is 0.0946 e. The van der Waals surface area contributed by atoms with E-state index in [1.807, 2.05) is 24.7 Å². The molecule has 1 aliphatic rings. The van der Waals surface area contributed by atoms with Gasteiger partial charge in [-0.1, -0.05) is 30.7 Å². The normalized spacial score (nSPS) is 24.7. The Bertz CT molecular complexity index is 585. The molecule has 0 spiro atoms. The van der Waals surface area contributed by atoms with E-state index in [1.165, 1.54) is 24.2 Å². The van der Waals surface area contributed by atoms with Gasteiger partial charge < -0.3 is 4.57 Å². The minimum absolute atomic E-state index is 0.298. The van der Waals surface area contributed by atoms with Crippen LogP contribution in [0.15, 0.2) is 43.0 Å². The summed E-state index contributed by atoms with van der Waals surface area (Å²) in [7, 11) is 0. The van der Waals surface area contributed by atoms with Crippen LogP contribution >= 0.6 is 35.1 Å². The van der Waals surface area contributed by atoms with E-state index in [-0.39, 0.29) is 0 Å². The van der Waals surface area contributed by atoms with Gasteiger partial charge in [0, 0.05) is 35.0 Å². The van der Waals surface area contributed by atoms with Crippen LogP contribution in [0.2, 0.25) is 5.02 Å². The van der Waals surface area contributed by atoms with Crippen molar-refractivity contribution >= 4 is 35.1 Å². The van der Waals surface area contributed by atoms with Crippen molar-refractivity contribution in [1.29, 1.82) is 0 Å². The first kappa shape index (κ1) is 16.3. The molecule has 1 aromatic carbocycles. The van der Waals surface area contributed by atoms with Gasteiger partial charge in [0.15, 0.2) is 0 Å². The van der Waals surface area contributed by atoms with Crippen LogP contribution in [-0.2, 0) is 13.0 Å². The van der Waals surface area contributed by atoms with Gasteiger partial charge >= 0.3 is 0 Å². The Morgan fingerprint density at radius 1 is 1.36 bits per heavy atom. The number of aryl methyl sites for hydroxylation is 1. The van der Waals surface area contributed by atoms with Crippen LogP contribution < -0.4 is 0 Å². The van der Waals surface area contributed by atoms with Gasteiger partial charge in [0.2, 0.25) is 0 Å². The van der Waals surface area contributed by atoms with E-state index >= 15 is 0 Å². The van der Waals surface area contributed by atoms with Crippen molar-refractivity contribution in [3.05, 3.63) is 53.6 Å². The molecule has 1 aromatic heterocycles. The molecule has 1 aliphatic heterocycles. The van der Waals surface area contributed by atoms with Crippen LogP contribution in [0.4, 0.5) is 0 Å². The number of hydrogen-bond acceptors (Lipinski definition) is 3. The lowest BCUT2D eigenvalue weighted by atomic mass is 10.1. The van der Waals surface area contributed by atoms with E-state index in [0.717, 1.165) is 23.2 Å². The fraction of sp³-hybridized carbons (Fsp3) is 0.471. The maximum absolute atomic E-state index is 5.95. The Labute approximate surface area is 146 Å². The first-order valence-electron chi connectivity index (χ1n) is 7.67. The molecule has 2 atom stereocenters. The van der Waals surface area contributed by atoms with Crippen molar-refractivity contribution in [2.24, 2.45) is 0 Å². The van der Waals surface area contributed by atoms with Crippen molar-refractivity contribution < 1.29 is 0 Å². The van der Waals surface area contributed by atoms with E-state index in [9.17, 15) is 0 Å². The minimum atomic E-state index is 0.298. The lowest BCUT2D eigenvalue weighted by molar-refractivity contribution is 0.571. The molecular formula is C17H21ClN2S2. The number of imidazole rings is 1. The van der Waals surface area contributed by atoms with Gasteiger partial charge in [-0.05, 0) is 37.0 Å². The molecule has 2 heterocycles. The molecule has 2 nitrogen and oxygen atoms in total. The Morgan fingerprint density at radius 2 is 2.18 bits per heavy atom. The third-order valence-electron chi connectivity index (χ3n) is 3.92. The number of thioether (sulfide) groups is 2. The summed E-state index contributed by atoms with van der Waals surface area (Å²) in [5.74, 6) is 1.25. The standard InChI is InChI=1S/C17H21ClN2S2/c1-14-11-21-17(22-14,12-20-10-9-19-13-20)8-2-3-15-4-6-16(18)7-5-15/h4-7,9-10,13-14H,2-3,8,11-12H2,1H3. The average molecular weight is 353 g/mol. The van der Waals surface area contributed by atoms with Crippen molar-refractivity contribution in [2.75, 3.05) is 5.75 Å². The Balaban J connectivity index is 1.59. The zero-order valence-electron chi connectivity index (χ0n) is 12.7. The highest BCUT2D eigenvalue weighted by atomic mass is 35.5. The molecule has 1 saturated heterocycles. The highest BCUT2D eigenvalue weighted by molar-refractivity contribution is 8.21. The molecule has 0 aliphatic carbocycles. The molecule has 0 radical (unpaired) electrons. The smallest absolute Gasteiger partial charge is 0.0946 e. The van der Waals surface area contributed by atoms with Crippen molar-refractivity contribution in [2.45, 2.75) is 42.1 Å². The number of rotatable bonds is 6. The summed E-state index contributed by atoms with van der Waals surface area (Å²) in [4.78, 5) is 4.18. The predicted octanol–water partition coefficient (Wildman–Crippen LogP) is 5.12. The number of benzene rings is 1. The topological polar surface area (TPSA) is 17.8 Å². The van der Waals surface area contributed by atoms with Crippen LogP contribution in [0.25, 0.3) is 0 Å². The third-order valence-corrected chi connectivity index (χ3v) is 7.88. The summed E-state index contributed by atoms with van der Waals surface area (Å²) in [5, 5.41) is 1.56. The molecule has 2 unspecified atom stereocenters. The molecule has 22 heavy (non-hydrogen) atoms. The second-order valence-corrected chi connectivity index (χ2v) is 9.79. The summed E-state index contributed by atoms with van der Waals surface area (Å²) in [6.45, 7) is 3.39. The second kappa shape index (κ2) is 7.33. The summed E-state index contributed by atoms with van der Waals surface area (Å²) >= 11 is 10.2. The van der Waals surface area contributed by atoms with E-state index in [0.29, 0.717) is 4.08 Å². The highest BCUT2D eigenvalue weighted by Gasteiger charge is 2.38. The molecule has 1 fully saturated rings. The zero-order chi connectivity index (χ0) is 15.4. The third kappa shape index (κ3) is 4.24. The second-order valence-electron chi connectivity index (χ2n) is 5.87. The van der Waals surface area contributed by atoms with Gasteiger partial charge in [-0.2, -0.15) is 0 Å². The Hall–Kier alpha value is -0.580. The summed E-state index contributed by atoms with van der Waals surface area (Å²) in [6.07, 6.45) is 9.44. The molecule has 0 N–H and O–H groups in total. The summed E-state index contributed by atoms with van der Waals surface area (Å²) in [6, 6.07) is 8.25. The molecule has 3 rings (SSSR count). The van der Waals surface area contributed by atoms with Gasteiger partial charge in [0.25, 0.3) is 0 Å². The highest BCUT2D eigenvalue weighted by Crippen LogP contribution is 2.51. The van der Waals surface area contributed by atoms with Crippen LogP contribution in [0.1, 0.15) is 25.3 Å². The zero-order valence-corrected chi connectivity index (χ0v) is 15.1. The molecule has 0 bridgehead atoms. The number of nitrogens with zero attached hydrogens (tertiary/aromatic N) is 2. The first-order valence-corrected chi connectivity index (χ1v) is 9.91. The first-order chi connectivity index (χ1) is 10.7. The monoisotopic (exact) mass is 352 g/mol. The fourth-order valence-corrected chi connectivity index (χ4v) is 6.73. The van der Waals surface area contributed by atoms with Crippen LogP contribution in [0.3, 0.4) is 0 Å². The van der Waals surface area contributed by atoms with E-state index in [4.69, 9.17) is 11.6 Å². The number of halogens is 1. The maximum atomic E-state index is 5.95. The van der Waals surface area contributed by atoms with Crippen molar-refractivity contribution in [3.8, 4) is 0 Å². The Kier molecular flexibility index (Phi) is 5.42. The van der Waals surface area contributed by atoms with Crippen LogP contribution in [0, 0.1) is 0 Å². The molecule has 0 amide bonds. The average Bonchev–Trinajstić information content (AvgIpc) is 3.12. The number of hydrogen-bond donors (Lipinski definition) is 0. The van der Waals surface area contributed by atoms with Gasteiger partial charge in [-0.15, -0.1) is 23.5 Å². The lowest BCUT2D eigenvalue weighted by Crippen LogP contribution is -2.24. The Morgan fingerprint density at radius 3 is 2.82 bits per heavy atom. The van der Waals surface area contributed by atoms with Crippen LogP contribution in [0.5, 0.6) is 0 Å². The molecule has 0 saturated carbocycles. The lowest BCUT2D eigenvalue weighted by Gasteiger charge is -2.28. The fourth-order valence-electron chi connectivity index (χ4n) is 2.87. The molecule has 2 aromatic rings. The largest absolute Gasteiger partial charge is 0.335 e.